The summed E-state index contributed by atoms with van der Waals surface area (Å²) >= 11 is 3.02. The Kier molecular flexibility index (Phi) is 3.82. The molecule has 0 aliphatic rings. The first-order valence-corrected chi connectivity index (χ1v) is 6.22. The Balaban J connectivity index is 2.27. The van der Waals surface area contributed by atoms with Gasteiger partial charge in [0.25, 0.3) is 0 Å². The minimum atomic E-state index is -0.617. The van der Waals surface area contributed by atoms with Gasteiger partial charge in [-0.2, -0.15) is 0 Å². The van der Waals surface area contributed by atoms with Gasteiger partial charge in [0.2, 0.25) is 0 Å². The van der Waals surface area contributed by atoms with Crippen LogP contribution in [0.1, 0.15) is 23.1 Å². The van der Waals surface area contributed by atoms with Crippen LogP contribution in [-0.4, -0.2) is 0 Å². The number of furan rings is 1. The number of aryl methyl sites for hydroxylation is 1. The number of rotatable bonds is 3. The van der Waals surface area contributed by atoms with Gasteiger partial charge < -0.3 is 10.2 Å². The topological polar surface area (TPSA) is 39.2 Å². The normalized spacial score (nSPS) is 12.7. The summed E-state index contributed by atoms with van der Waals surface area (Å²) < 4.78 is 32.9. The SMILES string of the molecule is Cc1ccc(C(N)Cc2c(F)ccc(Br)c2F)o1. The zero-order valence-electron chi connectivity index (χ0n) is 9.71. The average molecular weight is 316 g/mol. The second-order valence-electron chi connectivity index (χ2n) is 4.08. The fraction of sp³-hybridized carbons (Fsp3) is 0.231. The third kappa shape index (κ3) is 2.62. The van der Waals surface area contributed by atoms with Crippen LogP contribution in [0.15, 0.2) is 33.2 Å². The molecule has 2 aromatic rings. The fourth-order valence-corrected chi connectivity index (χ4v) is 2.10. The molecule has 0 saturated heterocycles. The van der Waals surface area contributed by atoms with Crippen molar-refractivity contribution in [2.24, 2.45) is 5.73 Å². The van der Waals surface area contributed by atoms with Crippen molar-refractivity contribution in [2.45, 2.75) is 19.4 Å². The summed E-state index contributed by atoms with van der Waals surface area (Å²) in [5.74, 6) is 0.0186. The van der Waals surface area contributed by atoms with Gasteiger partial charge in [0.1, 0.15) is 23.2 Å². The van der Waals surface area contributed by atoms with E-state index in [1.807, 2.05) is 0 Å². The van der Waals surface area contributed by atoms with Crippen LogP contribution in [0.5, 0.6) is 0 Å². The van der Waals surface area contributed by atoms with Crippen LogP contribution < -0.4 is 5.73 Å². The van der Waals surface area contributed by atoms with Crippen LogP contribution >= 0.6 is 15.9 Å². The van der Waals surface area contributed by atoms with Crippen molar-refractivity contribution in [3.05, 3.63) is 57.5 Å². The van der Waals surface area contributed by atoms with Gasteiger partial charge in [-0.1, -0.05) is 0 Å². The summed E-state index contributed by atoms with van der Waals surface area (Å²) in [6, 6.07) is 5.45. The number of hydrogen-bond acceptors (Lipinski definition) is 2. The van der Waals surface area contributed by atoms with E-state index in [1.54, 1.807) is 19.1 Å². The molecular weight excluding hydrogens is 304 g/mol. The molecule has 0 aliphatic carbocycles. The summed E-state index contributed by atoms with van der Waals surface area (Å²) in [6.45, 7) is 1.79. The highest BCUT2D eigenvalue weighted by molar-refractivity contribution is 9.10. The maximum Gasteiger partial charge on any atom is 0.143 e. The fourth-order valence-electron chi connectivity index (χ4n) is 1.73. The Morgan fingerprint density at radius 3 is 2.61 bits per heavy atom. The van der Waals surface area contributed by atoms with Crippen molar-refractivity contribution in [3.8, 4) is 0 Å². The lowest BCUT2D eigenvalue weighted by Gasteiger charge is -2.11. The molecule has 1 atom stereocenters. The van der Waals surface area contributed by atoms with Gasteiger partial charge in [0, 0.05) is 12.0 Å². The molecule has 1 unspecified atom stereocenters. The first kappa shape index (κ1) is 13.2. The molecule has 1 heterocycles. The molecule has 0 aliphatic heterocycles. The summed E-state index contributed by atoms with van der Waals surface area (Å²) in [6.07, 6.45) is 0.0457. The predicted octanol–water partition coefficient (Wildman–Crippen LogP) is 3.87. The molecule has 2 nitrogen and oxygen atoms in total. The third-order valence-electron chi connectivity index (χ3n) is 2.69. The molecule has 96 valence electrons. The maximum absolute atomic E-state index is 13.8. The van der Waals surface area contributed by atoms with Gasteiger partial charge in [-0.15, -0.1) is 0 Å². The van der Waals surface area contributed by atoms with Crippen molar-refractivity contribution in [3.63, 3.8) is 0 Å². The standard InChI is InChI=1S/C13H12BrF2NO/c1-7-2-5-12(18-7)11(17)6-8-10(15)4-3-9(14)13(8)16/h2-5,11H,6,17H2,1H3. The van der Waals surface area contributed by atoms with E-state index in [9.17, 15) is 8.78 Å². The Labute approximate surface area is 112 Å². The Morgan fingerprint density at radius 1 is 1.28 bits per heavy atom. The molecule has 0 bridgehead atoms. The number of nitrogens with two attached hydrogens (primary N) is 1. The lowest BCUT2D eigenvalue weighted by atomic mass is 10.0. The molecule has 2 rings (SSSR count). The molecule has 5 heteroatoms. The molecule has 0 saturated carbocycles. The van der Waals surface area contributed by atoms with E-state index >= 15 is 0 Å². The van der Waals surface area contributed by atoms with Crippen LogP contribution in [0.3, 0.4) is 0 Å². The molecular formula is C13H12BrF2NO. The monoisotopic (exact) mass is 315 g/mol. The average Bonchev–Trinajstić information content (AvgIpc) is 2.76. The number of halogens is 3. The van der Waals surface area contributed by atoms with Crippen molar-refractivity contribution in [1.82, 2.24) is 0 Å². The molecule has 0 fully saturated rings. The van der Waals surface area contributed by atoms with Crippen molar-refractivity contribution >= 4 is 15.9 Å². The van der Waals surface area contributed by atoms with E-state index in [0.717, 1.165) is 5.76 Å². The van der Waals surface area contributed by atoms with E-state index in [0.29, 0.717) is 5.76 Å². The first-order valence-electron chi connectivity index (χ1n) is 5.43. The highest BCUT2D eigenvalue weighted by atomic mass is 79.9. The van der Waals surface area contributed by atoms with Crippen molar-refractivity contribution in [1.29, 1.82) is 0 Å². The lowest BCUT2D eigenvalue weighted by molar-refractivity contribution is 0.436. The van der Waals surface area contributed by atoms with Crippen molar-refractivity contribution in [2.75, 3.05) is 0 Å². The minimum absolute atomic E-state index is 0.0362. The highest BCUT2D eigenvalue weighted by Crippen LogP contribution is 2.26. The Hall–Kier alpha value is -1.20. The second kappa shape index (κ2) is 5.20. The van der Waals surface area contributed by atoms with Crippen LogP contribution in [0.4, 0.5) is 8.78 Å². The van der Waals surface area contributed by atoms with Gasteiger partial charge in [0.15, 0.2) is 0 Å². The van der Waals surface area contributed by atoms with Gasteiger partial charge >= 0.3 is 0 Å². The summed E-state index contributed by atoms with van der Waals surface area (Å²) in [5.41, 5.74) is 5.85. The largest absolute Gasteiger partial charge is 0.465 e. The van der Waals surface area contributed by atoms with Crippen LogP contribution in [-0.2, 0) is 6.42 Å². The van der Waals surface area contributed by atoms with E-state index in [4.69, 9.17) is 10.2 Å². The zero-order valence-corrected chi connectivity index (χ0v) is 11.3. The van der Waals surface area contributed by atoms with Crippen molar-refractivity contribution < 1.29 is 13.2 Å². The minimum Gasteiger partial charge on any atom is -0.465 e. The maximum atomic E-state index is 13.8. The Bertz CT molecular complexity index is 568. The van der Waals surface area contributed by atoms with Crippen LogP contribution in [0.25, 0.3) is 0 Å². The van der Waals surface area contributed by atoms with Crippen LogP contribution in [0.2, 0.25) is 0 Å². The molecule has 0 amide bonds. The lowest BCUT2D eigenvalue weighted by Crippen LogP contribution is -2.14. The number of benzene rings is 1. The summed E-state index contributed by atoms with van der Waals surface area (Å²) in [4.78, 5) is 0. The highest BCUT2D eigenvalue weighted by Gasteiger charge is 2.18. The van der Waals surface area contributed by atoms with Gasteiger partial charge in [-0.05, 0) is 47.1 Å². The molecule has 1 aromatic carbocycles. The van der Waals surface area contributed by atoms with Gasteiger partial charge in [-0.25, -0.2) is 8.78 Å². The van der Waals surface area contributed by atoms with Crippen LogP contribution in [0, 0.1) is 18.6 Å². The van der Waals surface area contributed by atoms with E-state index in [1.165, 1.54) is 12.1 Å². The van der Waals surface area contributed by atoms with E-state index in [2.05, 4.69) is 15.9 Å². The molecule has 0 radical (unpaired) electrons. The second-order valence-corrected chi connectivity index (χ2v) is 4.94. The van der Waals surface area contributed by atoms with Gasteiger partial charge in [-0.3, -0.25) is 0 Å². The number of hydrogen-bond donors (Lipinski definition) is 1. The Morgan fingerprint density at radius 2 is 2.00 bits per heavy atom. The summed E-state index contributed by atoms with van der Waals surface area (Å²) in [7, 11) is 0. The third-order valence-corrected chi connectivity index (χ3v) is 3.30. The predicted molar refractivity (Wildman–Crippen MR) is 68.1 cm³/mol. The summed E-state index contributed by atoms with van der Waals surface area (Å²) in [5, 5.41) is 0. The zero-order chi connectivity index (χ0) is 13.3. The van der Waals surface area contributed by atoms with E-state index < -0.39 is 17.7 Å². The molecule has 0 spiro atoms. The first-order chi connectivity index (χ1) is 8.49. The van der Waals surface area contributed by atoms with E-state index in [-0.39, 0.29) is 16.5 Å². The molecule has 1 aromatic heterocycles. The molecule has 2 N–H and O–H groups in total. The van der Waals surface area contributed by atoms with Gasteiger partial charge in [0.05, 0.1) is 10.5 Å². The smallest absolute Gasteiger partial charge is 0.143 e. The quantitative estimate of drug-likeness (QED) is 0.873. The molecule has 18 heavy (non-hydrogen) atoms.